The third-order valence-electron chi connectivity index (χ3n) is 3.29. The fraction of sp³-hybridized carbons (Fsp3) is 0.500. The monoisotopic (exact) mass is 267 g/mol. The third-order valence-corrected chi connectivity index (χ3v) is 3.29. The first kappa shape index (κ1) is 13.8. The SMILES string of the molecule is CNC(=O)Oc1cc(C(O)CCC2CC2)ccc1F. The van der Waals surface area contributed by atoms with Crippen molar-refractivity contribution in [3.8, 4) is 5.75 Å². The molecule has 4 nitrogen and oxygen atoms in total. The third kappa shape index (κ3) is 3.92. The average Bonchev–Trinajstić information content (AvgIpc) is 3.22. The van der Waals surface area contributed by atoms with E-state index in [0.717, 1.165) is 12.3 Å². The first-order chi connectivity index (χ1) is 9.10. The highest BCUT2D eigenvalue weighted by molar-refractivity contribution is 5.70. The van der Waals surface area contributed by atoms with Gasteiger partial charge in [0, 0.05) is 7.05 Å². The molecule has 2 N–H and O–H groups in total. The number of nitrogens with one attached hydrogen (secondary N) is 1. The number of aliphatic hydroxyl groups is 1. The van der Waals surface area contributed by atoms with Crippen LogP contribution in [-0.4, -0.2) is 18.2 Å². The van der Waals surface area contributed by atoms with Crippen molar-refractivity contribution in [2.75, 3.05) is 7.05 Å². The quantitative estimate of drug-likeness (QED) is 0.862. The molecule has 104 valence electrons. The highest BCUT2D eigenvalue weighted by atomic mass is 19.1. The molecule has 0 radical (unpaired) electrons. The normalized spacial score (nSPS) is 15.9. The summed E-state index contributed by atoms with van der Waals surface area (Å²) < 4.78 is 18.3. The zero-order chi connectivity index (χ0) is 13.8. The van der Waals surface area contributed by atoms with Crippen molar-refractivity contribution in [3.05, 3.63) is 29.6 Å². The van der Waals surface area contributed by atoms with Gasteiger partial charge in [0.05, 0.1) is 6.10 Å². The number of carbonyl (C=O) groups excluding carboxylic acids is 1. The lowest BCUT2D eigenvalue weighted by molar-refractivity contribution is 0.161. The maximum atomic E-state index is 13.5. The van der Waals surface area contributed by atoms with Gasteiger partial charge in [-0.15, -0.1) is 0 Å². The molecule has 2 rings (SSSR count). The molecule has 0 aliphatic heterocycles. The minimum Gasteiger partial charge on any atom is -0.407 e. The highest BCUT2D eigenvalue weighted by Gasteiger charge is 2.22. The molecule has 0 saturated heterocycles. The van der Waals surface area contributed by atoms with Gasteiger partial charge in [-0.25, -0.2) is 9.18 Å². The summed E-state index contributed by atoms with van der Waals surface area (Å²) >= 11 is 0. The second-order valence-electron chi connectivity index (χ2n) is 4.87. The molecular formula is C14H18FNO3. The summed E-state index contributed by atoms with van der Waals surface area (Å²) in [5.41, 5.74) is 0.570. The van der Waals surface area contributed by atoms with E-state index in [-0.39, 0.29) is 5.75 Å². The summed E-state index contributed by atoms with van der Waals surface area (Å²) in [6, 6.07) is 4.10. The molecule has 0 heterocycles. The zero-order valence-corrected chi connectivity index (χ0v) is 10.9. The Kier molecular flexibility index (Phi) is 4.37. The Balaban J connectivity index is 2.03. The van der Waals surface area contributed by atoms with Crippen molar-refractivity contribution in [2.45, 2.75) is 31.8 Å². The molecule has 1 amide bonds. The van der Waals surface area contributed by atoms with Crippen LogP contribution >= 0.6 is 0 Å². The van der Waals surface area contributed by atoms with Crippen LogP contribution in [0.4, 0.5) is 9.18 Å². The molecule has 0 bridgehead atoms. The maximum Gasteiger partial charge on any atom is 0.412 e. The van der Waals surface area contributed by atoms with Crippen molar-refractivity contribution < 1.29 is 19.0 Å². The minimum absolute atomic E-state index is 0.165. The fourth-order valence-corrected chi connectivity index (χ4v) is 1.92. The van der Waals surface area contributed by atoms with E-state index in [9.17, 15) is 14.3 Å². The number of carbonyl (C=O) groups is 1. The van der Waals surface area contributed by atoms with Crippen LogP contribution in [0.25, 0.3) is 0 Å². The number of benzene rings is 1. The second kappa shape index (κ2) is 6.02. The molecule has 1 aliphatic rings. The minimum atomic E-state index is -0.733. The molecule has 1 saturated carbocycles. The lowest BCUT2D eigenvalue weighted by Gasteiger charge is -2.12. The smallest absolute Gasteiger partial charge is 0.407 e. The first-order valence-corrected chi connectivity index (χ1v) is 6.47. The van der Waals surface area contributed by atoms with Crippen LogP contribution in [0, 0.1) is 11.7 Å². The van der Waals surface area contributed by atoms with E-state index in [2.05, 4.69) is 5.32 Å². The Labute approximate surface area is 111 Å². The molecule has 5 heteroatoms. The lowest BCUT2D eigenvalue weighted by Crippen LogP contribution is -2.22. The summed E-state index contributed by atoms with van der Waals surface area (Å²) in [5.74, 6) is -0.0549. The van der Waals surface area contributed by atoms with Gasteiger partial charge in [0.2, 0.25) is 0 Å². The molecule has 1 fully saturated rings. The van der Waals surface area contributed by atoms with Gasteiger partial charge in [-0.2, -0.15) is 0 Å². The van der Waals surface area contributed by atoms with Gasteiger partial charge < -0.3 is 15.2 Å². The number of ether oxygens (including phenoxy) is 1. The van der Waals surface area contributed by atoms with E-state index >= 15 is 0 Å². The van der Waals surface area contributed by atoms with Gasteiger partial charge in [0.1, 0.15) is 0 Å². The van der Waals surface area contributed by atoms with Crippen LogP contribution < -0.4 is 10.1 Å². The zero-order valence-electron chi connectivity index (χ0n) is 10.9. The number of halogens is 1. The van der Waals surface area contributed by atoms with Gasteiger partial charge in [-0.05, 0) is 36.5 Å². The molecule has 1 unspecified atom stereocenters. The summed E-state index contributed by atoms with van der Waals surface area (Å²) in [5, 5.41) is 12.3. The second-order valence-corrected chi connectivity index (χ2v) is 4.87. The Bertz CT molecular complexity index is 460. The van der Waals surface area contributed by atoms with Gasteiger partial charge >= 0.3 is 6.09 Å². The lowest BCUT2D eigenvalue weighted by atomic mass is 10.0. The molecular weight excluding hydrogens is 249 g/mol. The van der Waals surface area contributed by atoms with Crippen LogP contribution in [0.5, 0.6) is 5.75 Å². The van der Waals surface area contributed by atoms with Crippen molar-refractivity contribution in [1.82, 2.24) is 5.32 Å². The van der Waals surface area contributed by atoms with Crippen molar-refractivity contribution in [1.29, 1.82) is 0 Å². The summed E-state index contributed by atoms with van der Waals surface area (Å²) in [7, 11) is 1.40. The number of hydrogen-bond acceptors (Lipinski definition) is 3. The topological polar surface area (TPSA) is 58.6 Å². The Morgan fingerprint density at radius 2 is 2.32 bits per heavy atom. The average molecular weight is 267 g/mol. The largest absolute Gasteiger partial charge is 0.412 e. The van der Waals surface area contributed by atoms with Gasteiger partial charge in [-0.1, -0.05) is 18.9 Å². The summed E-state index contributed by atoms with van der Waals surface area (Å²) in [6.07, 6.45) is 2.72. The van der Waals surface area contributed by atoms with Crippen molar-refractivity contribution in [3.63, 3.8) is 0 Å². The van der Waals surface area contributed by atoms with Crippen LogP contribution in [0.2, 0.25) is 0 Å². The molecule has 0 aromatic heterocycles. The van der Waals surface area contributed by atoms with Crippen LogP contribution in [0.1, 0.15) is 37.4 Å². The number of amides is 1. The van der Waals surface area contributed by atoms with E-state index < -0.39 is 18.0 Å². The molecule has 1 aromatic carbocycles. The number of rotatable bonds is 5. The van der Waals surface area contributed by atoms with E-state index in [1.807, 2.05) is 0 Å². The van der Waals surface area contributed by atoms with Crippen molar-refractivity contribution >= 4 is 6.09 Å². The van der Waals surface area contributed by atoms with E-state index in [1.165, 1.54) is 38.1 Å². The molecule has 19 heavy (non-hydrogen) atoms. The fourth-order valence-electron chi connectivity index (χ4n) is 1.92. The molecule has 0 spiro atoms. The summed E-state index contributed by atoms with van der Waals surface area (Å²) in [6.45, 7) is 0. The molecule has 1 atom stereocenters. The standard InChI is InChI=1S/C14H18FNO3/c1-16-14(18)19-13-8-10(5-6-11(13)15)12(17)7-4-9-2-3-9/h5-6,8-9,12,17H,2-4,7H2,1H3,(H,16,18). The van der Waals surface area contributed by atoms with Crippen molar-refractivity contribution in [2.24, 2.45) is 5.92 Å². The Morgan fingerprint density at radius 1 is 1.58 bits per heavy atom. The summed E-state index contributed by atoms with van der Waals surface area (Å²) in [4.78, 5) is 11.1. The maximum absolute atomic E-state index is 13.5. The predicted octanol–water partition coefficient (Wildman–Crippen LogP) is 2.77. The van der Waals surface area contributed by atoms with E-state index in [1.54, 1.807) is 0 Å². The van der Waals surface area contributed by atoms with Crippen LogP contribution in [-0.2, 0) is 0 Å². The molecule has 1 aliphatic carbocycles. The van der Waals surface area contributed by atoms with E-state index in [4.69, 9.17) is 4.74 Å². The predicted molar refractivity (Wildman–Crippen MR) is 68.4 cm³/mol. The van der Waals surface area contributed by atoms with Crippen LogP contribution in [0.3, 0.4) is 0 Å². The number of hydrogen-bond donors (Lipinski definition) is 2. The number of aliphatic hydroxyl groups excluding tert-OH is 1. The highest BCUT2D eigenvalue weighted by Crippen LogP contribution is 2.36. The Morgan fingerprint density at radius 3 is 2.95 bits per heavy atom. The van der Waals surface area contributed by atoms with Crippen LogP contribution in [0.15, 0.2) is 18.2 Å². The van der Waals surface area contributed by atoms with Gasteiger partial charge in [0.25, 0.3) is 0 Å². The van der Waals surface area contributed by atoms with Gasteiger partial charge in [0.15, 0.2) is 11.6 Å². The molecule has 1 aromatic rings. The van der Waals surface area contributed by atoms with Gasteiger partial charge in [-0.3, -0.25) is 0 Å². The Hall–Kier alpha value is -1.62. The van der Waals surface area contributed by atoms with E-state index in [0.29, 0.717) is 12.0 Å². The first-order valence-electron chi connectivity index (χ1n) is 6.47.